The van der Waals surface area contributed by atoms with Crippen molar-refractivity contribution in [3.63, 3.8) is 0 Å². The van der Waals surface area contributed by atoms with Crippen molar-refractivity contribution in [3.05, 3.63) is 64.7 Å². The van der Waals surface area contributed by atoms with Crippen molar-refractivity contribution in [2.24, 2.45) is 0 Å². The van der Waals surface area contributed by atoms with Crippen molar-refractivity contribution < 1.29 is 18.3 Å². The normalized spacial score (nSPS) is 12.5. The number of para-hydroxylation sites is 2. The maximum atomic E-state index is 13.6. The number of rotatable bonds is 6. The minimum atomic E-state index is -2.83. The summed E-state index contributed by atoms with van der Waals surface area (Å²) in [5, 5.41) is 8.15. The van der Waals surface area contributed by atoms with E-state index in [1.54, 1.807) is 42.5 Å². The summed E-state index contributed by atoms with van der Waals surface area (Å²) in [5.41, 5.74) is 0.721. The zero-order valence-electron chi connectivity index (χ0n) is 15.9. The van der Waals surface area contributed by atoms with Crippen LogP contribution in [0.3, 0.4) is 0 Å². The molecule has 0 saturated heterocycles. The Morgan fingerprint density at radius 3 is 2.57 bits per heavy atom. The Morgan fingerprint density at radius 1 is 1.10 bits per heavy atom. The Hall–Kier alpha value is -3.69. The summed E-state index contributed by atoms with van der Waals surface area (Å²) in [6, 6.07) is 13.2. The van der Waals surface area contributed by atoms with Gasteiger partial charge >= 0.3 is 12.5 Å². The number of aryl methyl sites for hydroxylation is 1. The fraction of sp³-hybridized carbons (Fsp3) is 0.250. The molecule has 0 aliphatic rings. The van der Waals surface area contributed by atoms with E-state index in [1.165, 1.54) is 13.0 Å². The number of carbonyl (C=O) groups is 1. The number of carbonyl (C=O) groups excluding carboxylic acids is 1. The molecule has 1 unspecified atom stereocenters. The first kappa shape index (κ1) is 19.6. The highest BCUT2D eigenvalue weighted by Crippen LogP contribution is 2.28. The van der Waals surface area contributed by atoms with Crippen LogP contribution in [0.15, 0.2) is 53.3 Å². The summed E-state index contributed by atoms with van der Waals surface area (Å²) in [6.45, 7) is -1.41. The first-order valence-electron chi connectivity index (χ1n) is 9.22. The number of imidazole rings is 1. The highest BCUT2D eigenvalue weighted by molar-refractivity contribution is 5.77. The van der Waals surface area contributed by atoms with E-state index in [1.807, 2.05) is 0 Å². The summed E-state index contributed by atoms with van der Waals surface area (Å²) >= 11 is 0. The molecule has 0 bridgehead atoms. The first-order valence-corrected chi connectivity index (χ1v) is 9.22. The Bertz CT molecular complexity index is 1280. The molecule has 0 radical (unpaired) electrons. The first-order chi connectivity index (χ1) is 14.5. The predicted molar refractivity (Wildman–Crippen MR) is 104 cm³/mol. The van der Waals surface area contributed by atoms with Crippen LogP contribution in [0.2, 0.25) is 0 Å². The average molecular weight is 413 g/mol. The van der Waals surface area contributed by atoms with Gasteiger partial charge in [-0.05, 0) is 31.2 Å². The number of alkyl halides is 2. The molecule has 154 valence electrons. The summed E-state index contributed by atoms with van der Waals surface area (Å²) in [5.74, 6) is -0.723. The summed E-state index contributed by atoms with van der Waals surface area (Å²) in [6.07, 6.45) is -1.18. The maximum absolute atomic E-state index is 13.6. The number of hydrogen-bond donors (Lipinski definition) is 0. The number of halogens is 2. The molecule has 8 nitrogen and oxygen atoms in total. The Balaban J connectivity index is 1.49. The second-order valence-electron chi connectivity index (χ2n) is 6.62. The van der Waals surface area contributed by atoms with Crippen LogP contribution in [0.4, 0.5) is 8.78 Å². The van der Waals surface area contributed by atoms with Gasteiger partial charge in [0.05, 0.1) is 29.4 Å². The number of esters is 1. The molecule has 10 heteroatoms. The molecule has 2 aromatic carbocycles. The Kier molecular flexibility index (Phi) is 5.21. The molecule has 0 amide bonds. The van der Waals surface area contributed by atoms with Crippen LogP contribution in [-0.4, -0.2) is 30.5 Å². The van der Waals surface area contributed by atoms with Gasteiger partial charge in [0.2, 0.25) is 0 Å². The molecule has 0 saturated carbocycles. The lowest BCUT2D eigenvalue weighted by atomic mass is 10.2. The van der Waals surface area contributed by atoms with Crippen LogP contribution in [0.5, 0.6) is 0 Å². The van der Waals surface area contributed by atoms with E-state index < -0.39 is 18.6 Å². The van der Waals surface area contributed by atoms with E-state index in [0.29, 0.717) is 16.4 Å². The lowest BCUT2D eigenvalue weighted by Crippen LogP contribution is -2.26. The topological polar surface area (TPSA) is 91.9 Å². The number of fused-ring (bicyclic) bond motifs is 2. The number of benzene rings is 2. The van der Waals surface area contributed by atoms with Gasteiger partial charge in [-0.3, -0.25) is 14.2 Å². The third-order valence-corrected chi connectivity index (χ3v) is 4.65. The second-order valence-corrected chi connectivity index (χ2v) is 6.62. The fourth-order valence-electron chi connectivity index (χ4n) is 3.23. The van der Waals surface area contributed by atoms with Gasteiger partial charge in [-0.1, -0.05) is 29.5 Å². The van der Waals surface area contributed by atoms with E-state index in [4.69, 9.17) is 4.74 Å². The molecule has 0 aliphatic heterocycles. The van der Waals surface area contributed by atoms with Crippen molar-refractivity contribution in [1.29, 1.82) is 0 Å². The Morgan fingerprint density at radius 2 is 1.80 bits per heavy atom. The zero-order valence-corrected chi connectivity index (χ0v) is 15.9. The molecular weight excluding hydrogens is 396 g/mol. The molecule has 4 aromatic rings. The fourth-order valence-corrected chi connectivity index (χ4v) is 3.23. The number of ether oxygens (including phenoxy) is 1. The van der Waals surface area contributed by atoms with Crippen LogP contribution >= 0.6 is 0 Å². The third kappa shape index (κ3) is 3.63. The van der Waals surface area contributed by atoms with Crippen molar-refractivity contribution in [1.82, 2.24) is 24.5 Å². The van der Waals surface area contributed by atoms with Gasteiger partial charge in [-0.25, -0.2) is 9.67 Å². The predicted octanol–water partition coefficient (Wildman–Crippen LogP) is 3.23. The van der Waals surface area contributed by atoms with Gasteiger partial charge in [0.1, 0.15) is 5.52 Å². The van der Waals surface area contributed by atoms with Gasteiger partial charge in [0.15, 0.2) is 11.9 Å². The minimum Gasteiger partial charge on any atom is -0.454 e. The van der Waals surface area contributed by atoms with E-state index in [9.17, 15) is 18.4 Å². The van der Waals surface area contributed by atoms with E-state index >= 15 is 0 Å². The third-order valence-electron chi connectivity index (χ3n) is 4.65. The molecule has 0 aliphatic carbocycles. The number of hydrogen-bond acceptors (Lipinski definition) is 6. The molecule has 2 aromatic heterocycles. The van der Waals surface area contributed by atoms with E-state index in [-0.39, 0.29) is 29.9 Å². The van der Waals surface area contributed by atoms with E-state index in [2.05, 4.69) is 15.3 Å². The van der Waals surface area contributed by atoms with Crippen LogP contribution < -0.4 is 5.56 Å². The van der Waals surface area contributed by atoms with Gasteiger partial charge in [0.25, 0.3) is 5.56 Å². The van der Waals surface area contributed by atoms with Crippen LogP contribution in [0.25, 0.3) is 21.9 Å². The quantitative estimate of drug-likeness (QED) is 0.451. The Labute approximate surface area is 168 Å². The smallest absolute Gasteiger partial charge is 0.320 e. The average Bonchev–Trinajstić information content (AvgIpc) is 3.13. The molecule has 1 atom stereocenters. The highest BCUT2D eigenvalue weighted by atomic mass is 19.3. The number of aromatic nitrogens is 5. The molecule has 30 heavy (non-hydrogen) atoms. The molecular formula is C20H17F2N5O3. The van der Waals surface area contributed by atoms with Crippen molar-refractivity contribution in [3.8, 4) is 0 Å². The maximum Gasteiger partial charge on any atom is 0.320 e. The molecule has 4 rings (SSSR count). The van der Waals surface area contributed by atoms with Crippen molar-refractivity contribution >= 4 is 27.9 Å². The van der Waals surface area contributed by atoms with Gasteiger partial charge in [-0.15, -0.1) is 5.10 Å². The molecule has 0 spiro atoms. The van der Waals surface area contributed by atoms with Crippen LogP contribution in [-0.2, 0) is 16.1 Å². The van der Waals surface area contributed by atoms with Crippen LogP contribution in [0, 0.1) is 0 Å². The molecule has 0 fully saturated rings. The number of nitrogens with zero attached hydrogens (tertiary/aromatic N) is 5. The standard InChI is InChI=1S/C20H17F2N5O3/c1-12(18-23-15-8-4-5-9-16(15)27(18)20(21)22)30-17(28)10-11-26-19(29)13-6-2-3-7-14(13)24-25-26/h2-9,12,20H,10-11H2,1H3. The monoisotopic (exact) mass is 413 g/mol. The second kappa shape index (κ2) is 7.97. The molecule has 2 heterocycles. The van der Waals surface area contributed by atoms with Crippen LogP contribution in [0.1, 0.15) is 31.8 Å². The van der Waals surface area contributed by atoms with Crippen molar-refractivity contribution in [2.45, 2.75) is 32.5 Å². The lowest BCUT2D eigenvalue weighted by molar-refractivity contribution is -0.149. The minimum absolute atomic E-state index is 0.0481. The van der Waals surface area contributed by atoms with Gasteiger partial charge < -0.3 is 4.74 Å². The van der Waals surface area contributed by atoms with Gasteiger partial charge in [0, 0.05) is 0 Å². The largest absolute Gasteiger partial charge is 0.454 e. The lowest BCUT2D eigenvalue weighted by Gasteiger charge is -2.15. The zero-order chi connectivity index (χ0) is 21.3. The summed E-state index contributed by atoms with van der Waals surface area (Å²) < 4.78 is 34.2. The van der Waals surface area contributed by atoms with Crippen molar-refractivity contribution in [2.75, 3.05) is 0 Å². The van der Waals surface area contributed by atoms with E-state index in [0.717, 1.165) is 9.25 Å². The summed E-state index contributed by atoms with van der Waals surface area (Å²) in [4.78, 5) is 28.9. The summed E-state index contributed by atoms with van der Waals surface area (Å²) in [7, 11) is 0. The SMILES string of the molecule is CC(OC(=O)CCn1nnc2ccccc2c1=O)c1nc2ccccc2n1C(F)F. The molecule has 0 N–H and O–H groups in total. The highest BCUT2D eigenvalue weighted by Gasteiger charge is 2.24. The van der Waals surface area contributed by atoms with Gasteiger partial charge in [-0.2, -0.15) is 8.78 Å².